The molecule has 0 aromatic heterocycles. The van der Waals surface area contributed by atoms with Crippen LogP contribution in [0, 0.1) is 35.5 Å². The maximum Gasteiger partial charge on any atom is 0.0281 e. The number of hydrogen-bond acceptors (Lipinski definition) is 0. The van der Waals surface area contributed by atoms with E-state index in [2.05, 4.69) is 52.1 Å². The van der Waals surface area contributed by atoms with Crippen molar-refractivity contribution in [3.8, 4) is 0 Å². The van der Waals surface area contributed by atoms with E-state index in [4.69, 9.17) is 0 Å². The molecule has 0 heterocycles. The lowest BCUT2D eigenvalue weighted by Crippen LogP contribution is -2.40. The average molecular weight is 470 g/mol. The zero-order valence-corrected chi connectivity index (χ0v) is 15.6. The molecule has 2 heteroatoms. The van der Waals surface area contributed by atoms with Gasteiger partial charge in [-0.05, 0) is 80.5 Å². The number of alkyl halides is 2. The first-order valence-corrected chi connectivity index (χ1v) is 10.2. The molecule has 102 valence electrons. The summed E-state index contributed by atoms with van der Waals surface area (Å²) in [6, 6.07) is 0. The standard InChI is InChI=1S/C16H24I2/c1-9-10-4-5-13(7-10)16(9,18)8-14-11-2-3-12(6-11)15(14)17/h9-15H,2-8H2,1H3. The molecule has 0 N–H and O–H groups in total. The number of rotatable bonds is 2. The van der Waals surface area contributed by atoms with Gasteiger partial charge in [-0.15, -0.1) is 0 Å². The molecule has 0 radical (unpaired) electrons. The van der Waals surface area contributed by atoms with E-state index >= 15 is 0 Å². The third-order valence-corrected chi connectivity index (χ3v) is 11.4. The molecule has 0 nitrogen and oxygen atoms in total. The summed E-state index contributed by atoms with van der Waals surface area (Å²) in [5, 5.41) is 0. The minimum Gasteiger partial charge on any atom is -0.0820 e. The van der Waals surface area contributed by atoms with Crippen molar-refractivity contribution in [3.63, 3.8) is 0 Å². The first-order chi connectivity index (χ1) is 8.59. The first kappa shape index (κ1) is 13.1. The van der Waals surface area contributed by atoms with Gasteiger partial charge in [-0.2, -0.15) is 0 Å². The van der Waals surface area contributed by atoms with Crippen LogP contribution in [0.15, 0.2) is 0 Å². The van der Waals surface area contributed by atoms with Crippen LogP contribution in [0.5, 0.6) is 0 Å². The topological polar surface area (TPSA) is 0 Å². The van der Waals surface area contributed by atoms with E-state index in [0.717, 1.165) is 39.4 Å². The zero-order chi connectivity index (χ0) is 12.5. The fraction of sp³-hybridized carbons (Fsp3) is 1.00. The quantitative estimate of drug-likeness (QED) is 0.371. The molecular formula is C16H24I2. The minimum atomic E-state index is 0.680. The molecule has 0 amide bonds. The number of fused-ring (bicyclic) bond motifs is 4. The van der Waals surface area contributed by atoms with Gasteiger partial charge >= 0.3 is 0 Å². The van der Waals surface area contributed by atoms with Gasteiger partial charge in [0, 0.05) is 7.35 Å². The van der Waals surface area contributed by atoms with Crippen LogP contribution in [0.25, 0.3) is 0 Å². The number of halogens is 2. The minimum absolute atomic E-state index is 0.680. The third kappa shape index (κ3) is 1.72. The Labute approximate surface area is 139 Å². The monoisotopic (exact) mass is 470 g/mol. The molecule has 4 bridgehead atoms. The molecule has 4 rings (SSSR count). The molecule has 4 aliphatic rings. The summed E-state index contributed by atoms with van der Waals surface area (Å²) in [7, 11) is 0. The van der Waals surface area contributed by atoms with E-state index in [-0.39, 0.29) is 0 Å². The van der Waals surface area contributed by atoms with Crippen molar-refractivity contribution in [3.05, 3.63) is 0 Å². The molecule has 4 fully saturated rings. The Morgan fingerprint density at radius 3 is 2.33 bits per heavy atom. The SMILES string of the molecule is CC1C2CCC(C2)C1(I)CC1C2CCC(C2)C1I. The highest BCUT2D eigenvalue weighted by molar-refractivity contribution is 14.1. The summed E-state index contributed by atoms with van der Waals surface area (Å²) >= 11 is 5.73. The lowest BCUT2D eigenvalue weighted by Gasteiger charge is -2.42. The Balaban J connectivity index is 1.54. The van der Waals surface area contributed by atoms with Crippen molar-refractivity contribution in [2.24, 2.45) is 35.5 Å². The molecular weight excluding hydrogens is 446 g/mol. The van der Waals surface area contributed by atoms with E-state index < -0.39 is 0 Å². The van der Waals surface area contributed by atoms with Gasteiger partial charge in [-0.25, -0.2) is 0 Å². The van der Waals surface area contributed by atoms with Crippen LogP contribution < -0.4 is 0 Å². The van der Waals surface area contributed by atoms with E-state index in [1.807, 2.05) is 0 Å². The van der Waals surface area contributed by atoms with Crippen molar-refractivity contribution < 1.29 is 0 Å². The molecule has 0 aromatic carbocycles. The Hall–Kier alpha value is 1.46. The van der Waals surface area contributed by atoms with Gasteiger partial charge in [-0.3, -0.25) is 0 Å². The second-order valence-electron chi connectivity index (χ2n) is 7.63. The van der Waals surface area contributed by atoms with Crippen LogP contribution in [0.4, 0.5) is 0 Å². The van der Waals surface area contributed by atoms with Crippen LogP contribution in [0.1, 0.15) is 51.9 Å². The molecule has 0 spiro atoms. The maximum atomic E-state index is 2.92. The molecule has 8 atom stereocenters. The highest BCUT2D eigenvalue weighted by Crippen LogP contribution is 2.64. The summed E-state index contributed by atoms with van der Waals surface area (Å²) in [5.41, 5.74) is 0. The second-order valence-corrected chi connectivity index (χ2v) is 11.1. The second kappa shape index (κ2) is 4.48. The van der Waals surface area contributed by atoms with Gasteiger partial charge in [0.2, 0.25) is 0 Å². The Morgan fingerprint density at radius 1 is 1.00 bits per heavy atom. The van der Waals surface area contributed by atoms with Gasteiger partial charge in [-0.1, -0.05) is 52.1 Å². The Morgan fingerprint density at radius 2 is 1.72 bits per heavy atom. The average Bonchev–Trinajstić information content (AvgIpc) is 3.07. The van der Waals surface area contributed by atoms with Crippen molar-refractivity contribution in [2.45, 2.75) is 59.2 Å². The molecule has 4 saturated carbocycles. The highest BCUT2D eigenvalue weighted by atomic mass is 127. The third-order valence-electron chi connectivity index (χ3n) is 7.14. The van der Waals surface area contributed by atoms with Gasteiger partial charge in [0.05, 0.1) is 0 Å². The largest absolute Gasteiger partial charge is 0.0820 e. The summed E-state index contributed by atoms with van der Waals surface area (Å²) in [4.78, 5) is 0. The van der Waals surface area contributed by atoms with Gasteiger partial charge in [0.15, 0.2) is 0 Å². The van der Waals surface area contributed by atoms with E-state index in [1.165, 1.54) is 0 Å². The maximum absolute atomic E-state index is 2.92. The summed E-state index contributed by atoms with van der Waals surface area (Å²) in [6.07, 6.45) is 10.9. The fourth-order valence-corrected chi connectivity index (χ4v) is 9.08. The zero-order valence-electron chi connectivity index (χ0n) is 11.2. The van der Waals surface area contributed by atoms with E-state index in [9.17, 15) is 0 Å². The predicted molar refractivity (Wildman–Crippen MR) is 93.5 cm³/mol. The molecule has 0 aromatic rings. The molecule has 0 saturated heterocycles. The summed E-state index contributed by atoms with van der Waals surface area (Å²) in [5.74, 6) is 6.42. The van der Waals surface area contributed by atoms with Crippen molar-refractivity contribution in [2.75, 3.05) is 0 Å². The smallest absolute Gasteiger partial charge is 0.0281 e. The predicted octanol–water partition coefficient (Wildman–Crippen LogP) is 5.47. The van der Waals surface area contributed by atoms with Crippen LogP contribution in [0.2, 0.25) is 0 Å². The lowest BCUT2D eigenvalue weighted by molar-refractivity contribution is 0.217. The summed E-state index contributed by atoms with van der Waals surface area (Å²) in [6.45, 7) is 2.58. The normalized spacial score (nSPS) is 61.8. The first-order valence-electron chi connectivity index (χ1n) is 7.92. The van der Waals surface area contributed by atoms with Gasteiger partial charge < -0.3 is 0 Å². The molecule has 18 heavy (non-hydrogen) atoms. The van der Waals surface area contributed by atoms with Crippen molar-refractivity contribution in [1.82, 2.24) is 0 Å². The van der Waals surface area contributed by atoms with Gasteiger partial charge in [0.25, 0.3) is 0 Å². The van der Waals surface area contributed by atoms with E-state index in [1.54, 1.807) is 44.9 Å². The molecule has 0 aliphatic heterocycles. The van der Waals surface area contributed by atoms with Crippen LogP contribution in [0.3, 0.4) is 0 Å². The van der Waals surface area contributed by atoms with E-state index in [0.29, 0.717) is 3.42 Å². The van der Waals surface area contributed by atoms with Gasteiger partial charge in [0.1, 0.15) is 0 Å². The highest BCUT2D eigenvalue weighted by Gasteiger charge is 2.57. The fourth-order valence-electron chi connectivity index (χ4n) is 6.00. The molecule has 8 unspecified atom stereocenters. The van der Waals surface area contributed by atoms with Crippen LogP contribution in [-0.4, -0.2) is 7.35 Å². The number of hydrogen-bond donors (Lipinski definition) is 0. The lowest BCUT2D eigenvalue weighted by atomic mass is 9.72. The van der Waals surface area contributed by atoms with Crippen molar-refractivity contribution in [1.29, 1.82) is 0 Å². The van der Waals surface area contributed by atoms with Crippen molar-refractivity contribution >= 4 is 45.2 Å². The molecule has 4 aliphatic carbocycles. The van der Waals surface area contributed by atoms with Crippen LogP contribution >= 0.6 is 45.2 Å². The van der Waals surface area contributed by atoms with Crippen LogP contribution in [-0.2, 0) is 0 Å². The Kier molecular flexibility index (Phi) is 3.27. The Bertz CT molecular complexity index is 349. The summed E-state index contributed by atoms with van der Waals surface area (Å²) < 4.78 is 1.69.